The first-order valence-corrected chi connectivity index (χ1v) is 8.74. The van der Waals surface area contributed by atoms with Crippen molar-refractivity contribution < 1.29 is 27.2 Å². The predicted octanol–water partition coefficient (Wildman–Crippen LogP) is 3.29. The van der Waals surface area contributed by atoms with E-state index in [2.05, 4.69) is 31.2 Å². The first-order valence-electron chi connectivity index (χ1n) is 7.95. The van der Waals surface area contributed by atoms with Gasteiger partial charge in [-0.25, -0.2) is 14.4 Å². The molecule has 1 aromatic heterocycles. The van der Waals surface area contributed by atoms with Crippen LogP contribution >= 0.6 is 15.9 Å². The number of aromatic nitrogens is 2. The number of carbonyl (C=O) groups is 2. The third-order valence-electron chi connectivity index (χ3n) is 4.45. The molecule has 28 heavy (non-hydrogen) atoms. The van der Waals surface area contributed by atoms with E-state index in [1.165, 1.54) is 18.2 Å². The molecular weight excluding hydrogens is 448 g/mol. The van der Waals surface area contributed by atoms with E-state index < -0.39 is 42.3 Å². The number of alkyl halides is 3. The van der Waals surface area contributed by atoms with Gasteiger partial charge < -0.3 is 4.90 Å². The molecule has 1 aliphatic rings. The molecule has 6 nitrogen and oxygen atoms in total. The van der Waals surface area contributed by atoms with Crippen LogP contribution in [0.25, 0.3) is 0 Å². The zero-order valence-electron chi connectivity index (χ0n) is 14.3. The van der Waals surface area contributed by atoms with Crippen LogP contribution in [-0.2, 0) is 10.2 Å². The number of hydrogen-bond donors (Lipinski definition) is 1. The molecular formula is C17H13BrF4N4O2. The molecule has 2 amide bonds. The molecule has 148 valence electrons. The molecule has 2 heterocycles. The number of nitrogens with zero attached hydrogens (tertiary/aromatic N) is 3. The van der Waals surface area contributed by atoms with Gasteiger partial charge in [0.25, 0.3) is 5.91 Å². The number of hydrogen-bond acceptors (Lipinski definition) is 4. The number of amides is 2. The molecule has 1 N–H and O–H groups in total. The summed E-state index contributed by atoms with van der Waals surface area (Å²) in [6.45, 7) is -0.388. The average Bonchev–Trinajstić information content (AvgIpc) is 2.60. The molecule has 0 unspecified atom stereocenters. The van der Waals surface area contributed by atoms with Crippen molar-refractivity contribution in [1.29, 1.82) is 0 Å². The van der Waals surface area contributed by atoms with Gasteiger partial charge in [0.2, 0.25) is 11.9 Å². The summed E-state index contributed by atoms with van der Waals surface area (Å²) in [5, 5.41) is 2.23. The number of rotatable bonds is 3. The predicted molar refractivity (Wildman–Crippen MR) is 94.1 cm³/mol. The van der Waals surface area contributed by atoms with Crippen molar-refractivity contribution in [3.63, 3.8) is 0 Å². The third kappa shape index (κ3) is 3.58. The Hall–Kier alpha value is -2.56. The first-order chi connectivity index (χ1) is 13.0. The molecule has 11 heteroatoms. The Kier molecular flexibility index (Phi) is 5.13. The summed E-state index contributed by atoms with van der Waals surface area (Å²) in [6.07, 6.45) is -3.01. The van der Waals surface area contributed by atoms with E-state index in [9.17, 15) is 27.2 Å². The van der Waals surface area contributed by atoms with E-state index in [-0.39, 0.29) is 21.5 Å². The van der Waals surface area contributed by atoms with Crippen LogP contribution in [0.3, 0.4) is 0 Å². The summed E-state index contributed by atoms with van der Waals surface area (Å²) < 4.78 is 54.6. The number of fused-ring (bicyclic) bond motifs is 1. The van der Waals surface area contributed by atoms with Gasteiger partial charge in [0.1, 0.15) is 12.0 Å². The number of anilines is 1. The van der Waals surface area contributed by atoms with E-state index in [4.69, 9.17) is 0 Å². The molecule has 2 aromatic rings. The SMILES string of the molecule is C[C@]1(C(F)(F)F)CN(CC(=O)Nc2ncc(F)cn2)C(=O)c2c(Br)cccc21. The lowest BCUT2D eigenvalue weighted by Gasteiger charge is -2.42. The highest BCUT2D eigenvalue weighted by molar-refractivity contribution is 9.10. The Bertz CT molecular complexity index is 936. The van der Waals surface area contributed by atoms with Crippen LogP contribution in [0.1, 0.15) is 22.8 Å². The van der Waals surface area contributed by atoms with Crippen molar-refractivity contribution in [2.24, 2.45) is 0 Å². The molecule has 1 atom stereocenters. The van der Waals surface area contributed by atoms with Crippen molar-refractivity contribution in [2.45, 2.75) is 18.5 Å². The molecule has 0 saturated carbocycles. The van der Waals surface area contributed by atoms with Crippen LogP contribution in [0.5, 0.6) is 0 Å². The number of halogens is 5. The van der Waals surface area contributed by atoms with Crippen molar-refractivity contribution in [1.82, 2.24) is 14.9 Å². The van der Waals surface area contributed by atoms with Gasteiger partial charge in [-0.1, -0.05) is 12.1 Å². The fourth-order valence-electron chi connectivity index (χ4n) is 2.98. The van der Waals surface area contributed by atoms with Gasteiger partial charge >= 0.3 is 6.18 Å². The molecule has 3 rings (SSSR count). The highest BCUT2D eigenvalue weighted by Gasteiger charge is 2.57. The van der Waals surface area contributed by atoms with Crippen LogP contribution < -0.4 is 5.32 Å². The third-order valence-corrected chi connectivity index (χ3v) is 5.11. The Balaban J connectivity index is 1.90. The van der Waals surface area contributed by atoms with E-state index in [1.54, 1.807) is 0 Å². The van der Waals surface area contributed by atoms with Crippen LogP contribution in [0.15, 0.2) is 35.1 Å². The molecule has 0 bridgehead atoms. The van der Waals surface area contributed by atoms with Crippen molar-refractivity contribution >= 4 is 33.7 Å². The molecule has 1 aromatic carbocycles. The lowest BCUT2D eigenvalue weighted by Crippen LogP contribution is -2.56. The highest BCUT2D eigenvalue weighted by atomic mass is 79.9. The van der Waals surface area contributed by atoms with Gasteiger partial charge in [0, 0.05) is 11.0 Å². The summed E-state index contributed by atoms with van der Waals surface area (Å²) >= 11 is 3.12. The van der Waals surface area contributed by atoms with Gasteiger partial charge in [-0.2, -0.15) is 13.2 Å². The monoisotopic (exact) mass is 460 g/mol. The van der Waals surface area contributed by atoms with E-state index in [0.29, 0.717) is 0 Å². The van der Waals surface area contributed by atoms with E-state index in [0.717, 1.165) is 24.2 Å². The Morgan fingerprint density at radius 3 is 2.57 bits per heavy atom. The quantitative estimate of drug-likeness (QED) is 0.713. The lowest BCUT2D eigenvalue weighted by molar-refractivity contribution is -0.190. The minimum Gasteiger partial charge on any atom is -0.328 e. The smallest absolute Gasteiger partial charge is 0.328 e. The maximum Gasteiger partial charge on any atom is 0.399 e. The second-order valence-corrected chi connectivity index (χ2v) is 7.28. The summed E-state index contributed by atoms with van der Waals surface area (Å²) in [5.41, 5.74) is -2.65. The van der Waals surface area contributed by atoms with E-state index in [1.807, 2.05) is 0 Å². The number of carbonyl (C=O) groups excluding carboxylic acids is 2. The van der Waals surface area contributed by atoms with Crippen molar-refractivity contribution in [3.8, 4) is 0 Å². The largest absolute Gasteiger partial charge is 0.399 e. The van der Waals surface area contributed by atoms with E-state index >= 15 is 0 Å². The molecule has 0 radical (unpaired) electrons. The molecule has 0 fully saturated rings. The Morgan fingerprint density at radius 1 is 1.32 bits per heavy atom. The maximum absolute atomic E-state index is 13.8. The van der Waals surface area contributed by atoms with Crippen LogP contribution in [-0.4, -0.2) is 45.9 Å². The maximum atomic E-state index is 13.8. The Morgan fingerprint density at radius 2 is 1.96 bits per heavy atom. The van der Waals surface area contributed by atoms with Gasteiger partial charge in [-0.15, -0.1) is 0 Å². The Labute approximate surface area is 165 Å². The van der Waals surface area contributed by atoms with Gasteiger partial charge in [0.15, 0.2) is 5.82 Å². The normalized spacial score (nSPS) is 19.4. The topological polar surface area (TPSA) is 75.2 Å². The highest BCUT2D eigenvalue weighted by Crippen LogP contribution is 2.46. The summed E-state index contributed by atoms with van der Waals surface area (Å²) in [7, 11) is 0. The zero-order valence-corrected chi connectivity index (χ0v) is 15.9. The second kappa shape index (κ2) is 7.12. The van der Waals surface area contributed by atoms with Gasteiger partial charge in [0.05, 0.1) is 18.0 Å². The molecule has 1 aliphatic heterocycles. The second-order valence-electron chi connectivity index (χ2n) is 6.43. The van der Waals surface area contributed by atoms with Gasteiger partial charge in [-0.3, -0.25) is 14.9 Å². The summed E-state index contributed by atoms with van der Waals surface area (Å²) in [4.78, 5) is 32.8. The first kappa shape index (κ1) is 20.2. The molecule has 0 spiro atoms. The summed E-state index contributed by atoms with van der Waals surface area (Å²) in [5.74, 6) is -2.46. The van der Waals surface area contributed by atoms with Crippen LogP contribution in [0.4, 0.5) is 23.5 Å². The minimum absolute atomic E-state index is 0.139. The molecule has 0 aliphatic carbocycles. The molecule has 0 saturated heterocycles. The summed E-state index contributed by atoms with van der Waals surface area (Å²) in [6, 6.07) is 4.15. The zero-order chi connectivity index (χ0) is 20.7. The van der Waals surface area contributed by atoms with Crippen molar-refractivity contribution in [2.75, 3.05) is 18.4 Å². The average molecular weight is 461 g/mol. The number of nitrogens with one attached hydrogen (secondary N) is 1. The van der Waals surface area contributed by atoms with Gasteiger partial charge in [-0.05, 0) is 34.5 Å². The standard InChI is InChI=1S/C17H13BrF4N4O2/c1-16(17(20,21)22)8-26(14(28)13-10(16)3-2-4-11(13)18)7-12(27)25-15-23-5-9(19)6-24-15/h2-6H,7-8H2,1H3,(H,23,24,25,27)/t16-/m0/s1. The van der Waals surface area contributed by atoms with Crippen LogP contribution in [0.2, 0.25) is 0 Å². The van der Waals surface area contributed by atoms with Crippen LogP contribution in [0, 0.1) is 5.82 Å². The fraction of sp³-hybridized carbons (Fsp3) is 0.294. The number of benzene rings is 1. The fourth-order valence-corrected chi connectivity index (χ4v) is 3.52. The lowest BCUT2D eigenvalue weighted by atomic mass is 9.75. The minimum atomic E-state index is -4.65. The van der Waals surface area contributed by atoms with Crippen molar-refractivity contribution in [3.05, 3.63) is 52.0 Å².